The second-order valence-corrected chi connectivity index (χ2v) is 2.89. The van der Waals surface area contributed by atoms with Crippen molar-refractivity contribution in [3.8, 4) is 0 Å². The Labute approximate surface area is 84.4 Å². The van der Waals surface area contributed by atoms with Crippen molar-refractivity contribution in [1.29, 1.82) is 0 Å². The van der Waals surface area contributed by atoms with Gasteiger partial charge < -0.3 is 4.57 Å². The minimum absolute atomic E-state index is 0. The van der Waals surface area contributed by atoms with E-state index in [4.69, 9.17) is 11.6 Å². The number of aromatic nitrogens is 2. The Bertz CT molecular complexity index is 233. The number of aryl methyl sites for hydroxylation is 2. The van der Waals surface area contributed by atoms with Crippen LogP contribution in [0.4, 0.5) is 0 Å². The highest BCUT2D eigenvalue weighted by molar-refractivity contribution is 6.28. The summed E-state index contributed by atoms with van der Waals surface area (Å²) in [7, 11) is 0. The Balaban J connectivity index is 0.00000121. The van der Waals surface area contributed by atoms with Crippen molar-refractivity contribution in [2.24, 2.45) is 0 Å². The highest BCUT2D eigenvalue weighted by atomic mass is 35.5. The Morgan fingerprint density at radius 1 is 1.50 bits per heavy atom. The first-order chi connectivity index (χ1) is 5.27. The van der Waals surface area contributed by atoms with E-state index in [9.17, 15) is 0 Å². The van der Waals surface area contributed by atoms with E-state index in [0.717, 1.165) is 25.1 Å². The molecule has 12 heavy (non-hydrogen) atoms. The molecule has 2 nitrogen and oxygen atoms in total. The lowest BCUT2D eigenvalue weighted by atomic mass is 10.4. The molecule has 0 atom stereocenters. The molecule has 0 unspecified atom stereocenters. The molecule has 0 saturated carbocycles. The van der Waals surface area contributed by atoms with Gasteiger partial charge in [0.1, 0.15) is 0 Å². The van der Waals surface area contributed by atoms with Gasteiger partial charge in [-0.15, -0.1) is 12.4 Å². The molecule has 0 radical (unpaired) electrons. The Morgan fingerprint density at radius 3 is 2.58 bits per heavy atom. The van der Waals surface area contributed by atoms with Crippen molar-refractivity contribution >= 4 is 24.0 Å². The summed E-state index contributed by atoms with van der Waals surface area (Å²) in [4.78, 5) is 4.18. The molecule has 70 valence electrons. The summed E-state index contributed by atoms with van der Waals surface area (Å²) in [6.45, 7) is 5.17. The first-order valence-electron chi connectivity index (χ1n) is 3.99. The molecule has 1 aromatic rings. The third kappa shape index (κ3) is 2.68. The van der Waals surface area contributed by atoms with Crippen LogP contribution >= 0.6 is 24.0 Å². The summed E-state index contributed by atoms with van der Waals surface area (Å²) in [6.07, 6.45) is 4.07. The topological polar surface area (TPSA) is 17.8 Å². The van der Waals surface area contributed by atoms with E-state index in [-0.39, 0.29) is 12.4 Å². The van der Waals surface area contributed by atoms with Crippen LogP contribution in [-0.2, 0) is 13.0 Å². The molecule has 0 bridgehead atoms. The van der Waals surface area contributed by atoms with Crippen LogP contribution < -0.4 is 0 Å². The average molecular weight is 209 g/mol. The average Bonchev–Trinajstić information content (AvgIpc) is 2.33. The van der Waals surface area contributed by atoms with Gasteiger partial charge in [-0.3, -0.25) is 0 Å². The van der Waals surface area contributed by atoms with E-state index in [1.165, 1.54) is 0 Å². The van der Waals surface area contributed by atoms with E-state index in [1.54, 1.807) is 0 Å². The van der Waals surface area contributed by atoms with Gasteiger partial charge in [0.15, 0.2) is 0 Å². The molecule has 1 rings (SSSR count). The summed E-state index contributed by atoms with van der Waals surface area (Å²) in [5.41, 5.74) is 1.07. The zero-order valence-electron chi connectivity index (χ0n) is 7.38. The van der Waals surface area contributed by atoms with Crippen molar-refractivity contribution in [2.45, 2.75) is 33.2 Å². The maximum absolute atomic E-state index is 5.85. The molecule has 0 amide bonds. The Morgan fingerprint density at radius 2 is 2.17 bits per heavy atom. The molecular formula is C8H14Cl2N2. The van der Waals surface area contributed by atoms with E-state index >= 15 is 0 Å². The van der Waals surface area contributed by atoms with Crippen LogP contribution in [0, 0.1) is 0 Å². The summed E-state index contributed by atoms with van der Waals surface area (Å²) >= 11 is 5.85. The highest BCUT2D eigenvalue weighted by Gasteiger charge is 2.01. The summed E-state index contributed by atoms with van der Waals surface area (Å²) in [6, 6.07) is 0. The van der Waals surface area contributed by atoms with Crippen molar-refractivity contribution < 1.29 is 0 Å². The van der Waals surface area contributed by atoms with Crippen LogP contribution in [0.25, 0.3) is 0 Å². The summed E-state index contributed by atoms with van der Waals surface area (Å²) < 4.78 is 1.99. The lowest BCUT2D eigenvalue weighted by Gasteiger charge is -1.97. The van der Waals surface area contributed by atoms with Gasteiger partial charge >= 0.3 is 0 Å². The molecule has 4 heteroatoms. The van der Waals surface area contributed by atoms with E-state index in [0.29, 0.717) is 5.28 Å². The molecule has 0 aliphatic heterocycles. The molecule has 1 aromatic heterocycles. The standard InChI is InChI=1S/C8H13ClN2.ClH/c1-3-5-11-6-7(4-2)10-8(11)9;/h6H,3-5H2,1-2H3;1H. The minimum atomic E-state index is 0. The number of hydrogen-bond acceptors (Lipinski definition) is 1. The third-order valence-corrected chi connectivity index (χ3v) is 1.91. The molecular weight excluding hydrogens is 195 g/mol. The van der Waals surface area contributed by atoms with Crippen LogP contribution in [-0.4, -0.2) is 9.55 Å². The van der Waals surface area contributed by atoms with E-state index < -0.39 is 0 Å². The summed E-state index contributed by atoms with van der Waals surface area (Å²) in [5.74, 6) is 0. The quantitative estimate of drug-likeness (QED) is 0.748. The van der Waals surface area contributed by atoms with Gasteiger partial charge in [-0.2, -0.15) is 0 Å². The third-order valence-electron chi connectivity index (χ3n) is 1.60. The van der Waals surface area contributed by atoms with E-state index in [2.05, 4.69) is 18.8 Å². The van der Waals surface area contributed by atoms with Crippen LogP contribution in [0.2, 0.25) is 5.28 Å². The minimum Gasteiger partial charge on any atom is -0.322 e. The molecule has 0 fully saturated rings. The second kappa shape index (κ2) is 5.44. The number of nitrogens with zero attached hydrogens (tertiary/aromatic N) is 2. The van der Waals surface area contributed by atoms with Gasteiger partial charge in [-0.05, 0) is 24.4 Å². The van der Waals surface area contributed by atoms with Gasteiger partial charge in [0.25, 0.3) is 0 Å². The normalized spacial score (nSPS) is 9.58. The highest BCUT2D eigenvalue weighted by Crippen LogP contribution is 2.10. The van der Waals surface area contributed by atoms with Crippen LogP contribution in [0.5, 0.6) is 0 Å². The van der Waals surface area contributed by atoms with Crippen LogP contribution in [0.15, 0.2) is 6.20 Å². The fraction of sp³-hybridized carbons (Fsp3) is 0.625. The zero-order valence-corrected chi connectivity index (χ0v) is 8.95. The number of imidazole rings is 1. The fourth-order valence-corrected chi connectivity index (χ4v) is 1.25. The molecule has 1 heterocycles. The van der Waals surface area contributed by atoms with Crippen LogP contribution in [0.1, 0.15) is 26.0 Å². The number of rotatable bonds is 3. The SMILES string of the molecule is CCCn1cc(CC)nc1Cl.Cl. The molecule has 0 N–H and O–H groups in total. The van der Waals surface area contributed by atoms with Gasteiger partial charge in [-0.1, -0.05) is 13.8 Å². The molecule has 0 aliphatic carbocycles. The number of halogens is 2. The maximum atomic E-state index is 5.85. The predicted molar refractivity (Wildman–Crippen MR) is 54.2 cm³/mol. The predicted octanol–water partition coefficient (Wildman–Crippen LogP) is 2.93. The molecule has 0 aromatic carbocycles. The Hall–Kier alpha value is -0.210. The number of hydrogen-bond donors (Lipinski definition) is 0. The lowest BCUT2D eigenvalue weighted by molar-refractivity contribution is 0.678. The first-order valence-corrected chi connectivity index (χ1v) is 4.37. The van der Waals surface area contributed by atoms with Crippen LogP contribution in [0.3, 0.4) is 0 Å². The van der Waals surface area contributed by atoms with Gasteiger partial charge in [0.05, 0.1) is 5.69 Å². The Kier molecular flexibility index (Phi) is 5.34. The van der Waals surface area contributed by atoms with Gasteiger partial charge in [0, 0.05) is 12.7 Å². The van der Waals surface area contributed by atoms with Gasteiger partial charge in [-0.25, -0.2) is 4.98 Å². The second-order valence-electron chi connectivity index (χ2n) is 2.55. The summed E-state index contributed by atoms with van der Waals surface area (Å²) in [5, 5.41) is 0.615. The van der Waals surface area contributed by atoms with E-state index in [1.807, 2.05) is 10.8 Å². The lowest BCUT2D eigenvalue weighted by Crippen LogP contribution is -1.93. The first kappa shape index (κ1) is 11.8. The van der Waals surface area contributed by atoms with Crippen molar-refractivity contribution in [3.63, 3.8) is 0 Å². The van der Waals surface area contributed by atoms with Gasteiger partial charge in [0.2, 0.25) is 5.28 Å². The molecule has 0 spiro atoms. The molecule has 0 aliphatic rings. The zero-order chi connectivity index (χ0) is 8.27. The fourth-order valence-electron chi connectivity index (χ4n) is 1.01. The van der Waals surface area contributed by atoms with Crippen molar-refractivity contribution in [2.75, 3.05) is 0 Å². The smallest absolute Gasteiger partial charge is 0.202 e. The molecule has 0 saturated heterocycles. The monoisotopic (exact) mass is 208 g/mol. The van der Waals surface area contributed by atoms with Crippen molar-refractivity contribution in [1.82, 2.24) is 9.55 Å². The van der Waals surface area contributed by atoms with Crippen molar-refractivity contribution in [3.05, 3.63) is 17.2 Å². The largest absolute Gasteiger partial charge is 0.322 e. The maximum Gasteiger partial charge on any atom is 0.202 e.